The van der Waals surface area contributed by atoms with Crippen LogP contribution in [-0.4, -0.2) is 28.9 Å². The first-order valence-corrected chi connectivity index (χ1v) is 9.33. The van der Waals surface area contributed by atoms with Gasteiger partial charge in [0.05, 0.1) is 18.1 Å². The summed E-state index contributed by atoms with van der Waals surface area (Å²) in [5, 5.41) is 0. The molecule has 4 heteroatoms. The zero-order chi connectivity index (χ0) is 17.6. The van der Waals surface area contributed by atoms with Crippen molar-refractivity contribution >= 4 is 5.91 Å². The van der Waals surface area contributed by atoms with Crippen LogP contribution in [0.4, 0.5) is 0 Å². The Labute approximate surface area is 152 Å². The van der Waals surface area contributed by atoms with Crippen LogP contribution in [0.15, 0.2) is 59.7 Å². The molecule has 2 aromatic heterocycles. The minimum absolute atomic E-state index is 0.148. The Bertz CT molecular complexity index is 917. The molecule has 0 atom stereocenters. The van der Waals surface area contributed by atoms with Gasteiger partial charge in [-0.15, -0.1) is 0 Å². The van der Waals surface area contributed by atoms with Gasteiger partial charge in [0, 0.05) is 31.0 Å². The number of nitrogens with zero attached hydrogens (tertiary/aromatic N) is 1. The first-order valence-electron chi connectivity index (χ1n) is 9.33. The number of rotatable bonds is 2. The van der Waals surface area contributed by atoms with Crippen molar-refractivity contribution in [2.45, 2.75) is 31.1 Å². The summed E-state index contributed by atoms with van der Waals surface area (Å²) in [7, 11) is 0. The largest absolute Gasteiger partial charge is 0.472 e. The third kappa shape index (κ3) is 2.40. The first-order chi connectivity index (χ1) is 12.8. The number of likely N-dealkylation sites (tertiary alicyclic amines) is 1. The van der Waals surface area contributed by atoms with Gasteiger partial charge in [0.25, 0.3) is 5.91 Å². The van der Waals surface area contributed by atoms with E-state index in [2.05, 4.69) is 23.2 Å². The Morgan fingerprint density at radius 1 is 1.08 bits per heavy atom. The number of hydrogen-bond donors (Lipinski definition) is 1. The van der Waals surface area contributed by atoms with Crippen LogP contribution in [-0.2, 0) is 11.8 Å². The molecule has 0 unspecified atom stereocenters. The molecule has 0 saturated carbocycles. The average molecular weight is 346 g/mol. The molecule has 2 aliphatic rings. The summed E-state index contributed by atoms with van der Waals surface area (Å²) >= 11 is 0. The highest BCUT2D eigenvalue weighted by Crippen LogP contribution is 2.47. The van der Waals surface area contributed by atoms with Gasteiger partial charge in [0.1, 0.15) is 0 Å². The minimum Gasteiger partial charge on any atom is -0.472 e. The number of carbonyl (C=O) groups is 1. The smallest absolute Gasteiger partial charge is 0.255 e. The lowest BCUT2D eigenvalue weighted by atomic mass is 9.73. The van der Waals surface area contributed by atoms with Gasteiger partial charge in [-0.05, 0) is 59.9 Å². The monoisotopic (exact) mass is 346 g/mol. The van der Waals surface area contributed by atoms with Crippen molar-refractivity contribution in [3.63, 3.8) is 0 Å². The van der Waals surface area contributed by atoms with Gasteiger partial charge in [-0.3, -0.25) is 4.79 Å². The van der Waals surface area contributed by atoms with Crippen LogP contribution in [0.3, 0.4) is 0 Å². The van der Waals surface area contributed by atoms with E-state index in [0.29, 0.717) is 0 Å². The Balaban J connectivity index is 1.36. The molecule has 1 N–H and O–H groups in total. The molecule has 1 aliphatic heterocycles. The topological polar surface area (TPSA) is 49.2 Å². The average Bonchev–Trinajstić information content (AvgIpc) is 3.44. The van der Waals surface area contributed by atoms with Crippen LogP contribution < -0.4 is 0 Å². The van der Waals surface area contributed by atoms with E-state index in [0.717, 1.165) is 43.5 Å². The maximum atomic E-state index is 12.6. The zero-order valence-corrected chi connectivity index (χ0v) is 14.7. The Hall–Kier alpha value is -2.75. The molecular formula is C22H22N2O2. The van der Waals surface area contributed by atoms with E-state index in [1.54, 1.807) is 18.7 Å². The summed E-state index contributed by atoms with van der Waals surface area (Å²) in [6.45, 7) is 1.68. The molecule has 4 nitrogen and oxygen atoms in total. The molecule has 3 heterocycles. The first kappa shape index (κ1) is 15.5. The van der Waals surface area contributed by atoms with Crippen molar-refractivity contribution in [1.29, 1.82) is 0 Å². The predicted molar refractivity (Wildman–Crippen MR) is 100 cm³/mol. The van der Waals surface area contributed by atoms with Crippen LogP contribution >= 0.6 is 0 Å². The summed E-state index contributed by atoms with van der Waals surface area (Å²) in [6.07, 6.45) is 11.6. The fraction of sp³-hybridized carbons (Fsp3) is 0.318. The summed E-state index contributed by atoms with van der Waals surface area (Å²) < 4.78 is 5.22. The van der Waals surface area contributed by atoms with E-state index in [-0.39, 0.29) is 11.3 Å². The lowest BCUT2D eigenvalue weighted by Crippen LogP contribution is -2.44. The zero-order valence-electron chi connectivity index (χ0n) is 14.7. The Kier molecular flexibility index (Phi) is 3.52. The van der Waals surface area contributed by atoms with E-state index in [4.69, 9.17) is 4.42 Å². The molecule has 1 aromatic carbocycles. The Morgan fingerprint density at radius 3 is 2.69 bits per heavy atom. The van der Waals surface area contributed by atoms with E-state index in [1.807, 2.05) is 23.2 Å². The second-order valence-electron chi connectivity index (χ2n) is 7.56. The second-order valence-corrected chi connectivity index (χ2v) is 7.56. The van der Waals surface area contributed by atoms with Gasteiger partial charge in [0.15, 0.2) is 0 Å². The number of hydrogen-bond acceptors (Lipinski definition) is 2. The number of aromatic amines is 1. The second kappa shape index (κ2) is 5.90. The molecule has 3 aromatic rings. The minimum atomic E-state index is 0.148. The predicted octanol–water partition coefficient (Wildman–Crippen LogP) is 4.39. The van der Waals surface area contributed by atoms with Gasteiger partial charge in [-0.25, -0.2) is 0 Å². The van der Waals surface area contributed by atoms with Crippen molar-refractivity contribution in [3.8, 4) is 11.1 Å². The lowest BCUT2D eigenvalue weighted by molar-refractivity contribution is 0.0666. The number of carbonyl (C=O) groups excluding carboxylic acids is 1. The molecule has 1 spiro atoms. The van der Waals surface area contributed by atoms with Crippen molar-refractivity contribution in [2.24, 2.45) is 0 Å². The normalized spacial score (nSPS) is 18.2. The van der Waals surface area contributed by atoms with Crippen LogP contribution in [0.1, 0.15) is 40.7 Å². The number of aromatic nitrogens is 1. The quantitative estimate of drug-likeness (QED) is 0.748. The number of piperidine rings is 1. The number of nitrogens with one attached hydrogen (secondary N) is 1. The summed E-state index contributed by atoms with van der Waals surface area (Å²) in [5.41, 5.74) is 6.35. The third-order valence-corrected chi connectivity index (χ3v) is 6.26. The molecule has 5 rings (SSSR count). The molecule has 26 heavy (non-hydrogen) atoms. The molecule has 1 fully saturated rings. The highest BCUT2D eigenvalue weighted by molar-refractivity contribution is 5.94. The third-order valence-electron chi connectivity index (χ3n) is 6.26. The molecule has 0 radical (unpaired) electrons. The van der Waals surface area contributed by atoms with Gasteiger partial charge in [-0.1, -0.05) is 18.2 Å². The van der Waals surface area contributed by atoms with Gasteiger partial charge in [-0.2, -0.15) is 0 Å². The van der Waals surface area contributed by atoms with Crippen LogP contribution in [0, 0.1) is 0 Å². The van der Waals surface area contributed by atoms with E-state index in [9.17, 15) is 4.79 Å². The summed E-state index contributed by atoms with van der Waals surface area (Å²) in [6, 6.07) is 10.7. The van der Waals surface area contributed by atoms with Crippen molar-refractivity contribution in [1.82, 2.24) is 9.88 Å². The molecule has 1 aliphatic carbocycles. The van der Waals surface area contributed by atoms with Crippen LogP contribution in [0.25, 0.3) is 11.1 Å². The van der Waals surface area contributed by atoms with E-state index < -0.39 is 0 Å². The number of benzene rings is 1. The van der Waals surface area contributed by atoms with E-state index >= 15 is 0 Å². The molecule has 0 bridgehead atoms. The van der Waals surface area contributed by atoms with Crippen LogP contribution in [0.2, 0.25) is 0 Å². The molecular weight excluding hydrogens is 324 g/mol. The number of amides is 1. The fourth-order valence-electron chi connectivity index (χ4n) is 4.73. The number of H-pyrrole nitrogens is 1. The van der Waals surface area contributed by atoms with Crippen molar-refractivity contribution < 1.29 is 9.21 Å². The maximum Gasteiger partial charge on any atom is 0.255 e. The summed E-state index contributed by atoms with van der Waals surface area (Å²) in [5.74, 6) is 0.148. The Morgan fingerprint density at radius 2 is 1.96 bits per heavy atom. The fourth-order valence-corrected chi connectivity index (χ4v) is 4.73. The van der Waals surface area contributed by atoms with Crippen molar-refractivity contribution in [2.75, 3.05) is 13.1 Å². The number of aryl methyl sites for hydroxylation is 1. The van der Waals surface area contributed by atoms with Crippen molar-refractivity contribution in [3.05, 3.63) is 71.9 Å². The number of fused-ring (bicyclic) bond motifs is 2. The van der Waals surface area contributed by atoms with Gasteiger partial charge in [0.2, 0.25) is 0 Å². The SMILES string of the molecule is O=C(c1cc[nH]c1)N1CCC2(CCc3cc(-c4ccoc4)ccc32)CC1. The highest BCUT2D eigenvalue weighted by Gasteiger charge is 2.42. The van der Waals surface area contributed by atoms with Crippen LogP contribution in [0.5, 0.6) is 0 Å². The molecule has 1 amide bonds. The summed E-state index contributed by atoms with van der Waals surface area (Å²) in [4.78, 5) is 17.6. The van der Waals surface area contributed by atoms with Gasteiger partial charge < -0.3 is 14.3 Å². The van der Waals surface area contributed by atoms with E-state index in [1.165, 1.54) is 23.1 Å². The number of furan rings is 1. The lowest BCUT2D eigenvalue weighted by Gasteiger charge is -2.40. The standard InChI is InChI=1S/C22H22N2O2/c25-21(18-4-9-23-14-18)24-10-7-22(8-11-24)6-3-17-13-16(1-2-20(17)22)19-5-12-26-15-19/h1-2,4-5,9,12-15,23H,3,6-8,10-11H2. The molecule has 132 valence electrons. The van der Waals surface area contributed by atoms with Gasteiger partial charge >= 0.3 is 0 Å². The maximum absolute atomic E-state index is 12.6. The highest BCUT2D eigenvalue weighted by atomic mass is 16.3. The molecule has 1 saturated heterocycles.